The summed E-state index contributed by atoms with van der Waals surface area (Å²) < 4.78 is 20.6. The van der Waals surface area contributed by atoms with Crippen LogP contribution in [-0.2, 0) is 38.1 Å². The summed E-state index contributed by atoms with van der Waals surface area (Å²) in [5, 5.41) is 24.4. The van der Waals surface area contributed by atoms with Gasteiger partial charge in [-0.3, -0.25) is 19.2 Å². The summed E-state index contributed by atoms with van der Waals surface area (Å²) in [4.78, 5) is 44.6. The van der Waals surface area contributed by atoms with Crippen molar-refractivity contribution in [1.82, 2.24) is 16.0 Å². The lowest BCUT2D eigenvalue weighted by atomic mass is 10.1. The van der Waals surface area contributed by atoms with Gasteiger partial charge in [-0.2, -0.15) is 0 Å². The van der Waals surface area contributed by atoms with Crippen LogP contribution in [-0.4, -0.2) is 113 Å². The number of carboxylic acids is 1. The highest BCUT2D eigenvalue weighted by molar-refractivity contribution is 5.78. The minimum absolute atomic E-state index is 0.0225. The first-order valence-electron chi connectivity index (χ1n) is 10.1. The molecular weight excluding hydrogens is 432 g/mol. The van der Waals surface area contributed by atoms with Gasteiger partial charge in [0, 0.05) is 19.5 Å². The molecule has 0 saturated carbocycles. The number of rotatable bonds is 21. The minimum atomic E-state index is -1.15. The normalized spacial score (nSPS) is 11.6. The van der Waals surface area contributed by atoms with Crippen LogP contribution in [0.3, 0.4) is 0 Å². The number of carbonyl (C=O) groups is 4. The predicted octanol–water partition coefficient (Wildman–Crippen LogP) is -3.46. The number of aliphatic carboxylic acids is 1. The number of hydrogen-bond donors (Lipinski definition) is 6. The molecule has 0 heterocycles. The molecule has 14 heteroatoms. The second kappa shape index (κ2) is 20.5. The van der Waals surface area contributed by atoms with Gasteiger partial charge in [-0.1, -0.05) is 0 Å². The number of amides is 3. The highest BCUT2D eigenvalue weighted by atomic mass is 16.5. The molecule has 7 N–H and O–H groups in total. The van der Waals surface area contributed by atoms with Crippen molar-refractivity contribution in [3.8, 4) is 0 Å². The molecule has 3 amide bonds. The molecule has 1 atom stereocenters. The maximum atomic E-state index is 11.6. The average molecular weight is 466 g/mol. The molecule has 0 radical (unpaired) electrons. The molecule has 32 heavy (non-hydrogen) atoms. The van der Waals surface area contributed by atoms with E-state index in [9.17, 15) is 19.2 Å². The molecule has 0 aliphatic rings. The molecule has 0 saturated heterocycles. The van der Waals surface area contributed by atoms with E-state index >= 15 is 0 Å². The van der Waals surface area contributed by atoms with E-state index in [0.29, 0.717) is 6.54 Å². The van der Waals surface area contributed by atoms with Gasteiger partial charge in [0.05, 0.1) is 39.6 Å². The average Bonchev–Trinajstić information content (AvgIpc) is 2.75. The maximum Gasteiger partial charge on any atom is 0.320 e. The predicted molar refractivity (Wildman–Crippen MR) is 109 cm³/mol. The number of aliphatic hydroxyl groups is 1. The molecule has 0 rings (SSSR count). The van der Waals surface area contributed by atoms with Crippen molar-refractivity contribution in [2.45, 2.75) is 18.9 Å². The molecule has 0 aromatic heterocycles. The SMILES string of the molecule is N[C@@H](CCC(=O)NCCOCCOCC(=O)NCCOCCOCC(=O)NCO)C(=O)O. The number of ether oxygens (including phenoxy) is 4. The van der Waals surface area contributed by atoms with E-state index in [1.807, 2.05) is 0 Å². The number of carboxylic acid groups (broad SMARTS) is 1. The van der Waals surface area contributed by atoms with Crippen molar-refractivity contribution in [1.29, 1.82) is 0 Å². The van der Waals surface area contributed by atoms with Gasteiger partial charge in [-0.05, 0) is 6.42 Å². The fraction of sp³-hybridized carbons (Fsp3) is 0.778. The van der Waals surface area contributed by atoms with Crippen molar-refractivity contribution >= 4 is 23.7 Å². The lowest BCUT2D eigenvalue weighted by molar-refractivity contribution is -0.138. The van der Waals surface area contributed by atoms with Gasteiger partial charge in [0.25, 0.3) is 0 Å². The van der Waals surface area contributed by atoms with Crippen molar-refractivity contribution in [3.05, 3.63) is 0 Å². The van der Waals surface area contributed by atoms with Crippen molar-refractivity contribution in [3.63, 3.8) is 0 Å². The first-order chi connectivity index (χ1) is 15.4. The number of carbonyl (C=O) groups excluding carboxylic acids is 3. The molecule has 0 aliphatic carbocycles. The second-order valence-corrected chi connectivity index (χ2v) is 6.27. The van der Waals surface area contributed by atoms with Gasteiger partial charge in [0.1, 0.15) is 26.0 Å². The zero-order chi connectivity index (χ0) is 24.0. The van der Waals surface area contributed by atoms with Crippen LogP contribution in [0.1, 0.15) is 12.8 Å². The summed E-state index contributed by atoms with van der Waals surface area (Å²) in [5.74, 6) is -2.18. The number of nitrogens with two attached hydrogens (primary N) is 1. The van der Waals surface area contributed by atoms with Crippen molar-refractivity contribution in [2.75, 3.05) is 72.7 Å². The third-order valence-electron chi connectivity index (χ3n) is 3.62. The zero-order valence-corrected chi connectivity index (χ0v) is 18.0. The monoisotopic (exact) mass is 466 g/mol. The Bertz CT molecular complexity index is 550. The van der Waals surface area contributed by atoms with Crippen LogP contribution < -0.4 is 21.7 Å². The standard InChI is InChI=1S/C18H34N4O10/c19-14(18(27)28)1-2-15(24)20-3-5-29-7-9-31-11-16(25)21-4-6-30-8-10-32-12-17(26)22-13-23/h14,23H,1-13,19H2,(H,20,24)(H,21,25)(H,22,26)(H,27,28)/t14-/m0/s1. The zero-order valence-electron chi connectivity index (χ0n) is 18.0. The van der Waals surface area contributed by atoms with Crippen LogP contribution in [0.15, 0.2) is 0 Å². The molecule has 0 bridgehead atoms. The summed E-state index contributed by atoms with van der Waals surface area (Å²) in [5.41, 5.74) is 5.31. The third-order valence-corrected chi connectivity index (χ3v) is 3.62. The number of hydrogen-bond acceptors (Lipinski definition) is 10. The minimum Gasteiger partial charge on any atom is -0.480 e. The van der Waals surface area contributed by atoms with E-state index < -0.39 is 24.6 Å². The quantitative estimate of drug-likeness (QED) is 0.0723. The first-order valence-corrected chi connectivity index (χ1v) is 10.1. The summed E-state index contributed by atoms with van der Waals surface area (Å²) in [7, 11) is 0. The second-order valence-electron chi connectivity index (χ2n) is 6.27. The number of nitrogens with one attached hydrogen (secondary N) is 3. The smallest absolute Gasteiger partial charge is 0.320 e. The Hall–Kier alpha value is -2.36. The lowest BCUT2D eigenvalue weighted by Gasteiger charge is -2.09. The van der Waals surface area contributed by atoms with E-state index in [0.717, 1.165) is 0 Å². The topological polar surface area (TPSA) is 208 Å². The molecule has 186 valence electrons. The summed E-state index contributed by atoms with van der Waals surface area (Å²) in [6, 6.07) is -1.06. The van der Waals surface area contributed by atoms with Gasteiger partial charge in [0.2, 0.25) is 17.7 Å². The molecule has 0 unspecified atom stereocenters. The van der Waals surface area contributed by atoms with E-state index in [1.54, 1.807) is 0 Å². The van der Waals surface area contributed by atoms with Gasteiger partial charge in [-0.15, -0.1) is 0 Å². The van der Waals surface area contributed by atoms with E-state index in [1.165, 1.54) is 0 Å². The number of aliphatic hydroxyl groups excluding tert-OH is 1. The summed E-state index contributed by atoms with van der Waals surface area (Å²) in [6.07, 6.45) is 0.0827. The Balaban J connectivity index is 3.37. The molecule has 14 nitrogen and oxygen atoms in total. The van der Waals surface area contributed by atoms with E-state index in [2.05, 4.69) is 16.0 Å². The molecule has 0 aromatic carbocycles. The fourth-order valence-corrected chi connectivity index (χ4v) is 1.98. The van der Waals surface area contributed by atoms with Crippen molar-refractivity contribution < 1.29 is 48.3 Å². The third kappa shape index (κ3) is 19.6. The van der Waals surface area contributed by atoms with Gasteiger partial charge in [0.15, 0.2) is 0 Å². The van der Waals surface area contributed by atoms with E-state index in [-0.39, 0.29) is 84.1 Å². The van der Waals surface area contributed by atoms with Gasteiger partial charge >= 0.3 is 5.97 Å². The van der Waals surface area contributed by atoms with Crippen LogP contribution in [0, 0.1) is 0 Å². The first kappa shape index (κ1) is 29.6. The summed E-state index contributed by atoms with van der Waals surface area (Å²) >= 11 is 0. The van der Waals surface area contributed by atoms with Crippen LogP contribution in [0.25, 0.3) is 0 Å². The van der Waals surface area contributed by atoms with E-state index in [4.69, 9.17) is 34.9 Å². The Morgan fingerprint density at radius 1 is 0.719 bits per heavy atom. The Kier molecular flexibility index (Phi) is 19.0. The Labute approximate surface area is 186 Å². The molecular formula is C18H34N4O10. The largest absolute Gasteiger partial charge is 0.480 e. The van der Waals surface area contributed by atoms with Crippen LogP contribution >= 0.6 is 0 Å². The van der Waals surface area contributed by atoms with Gasteiger partial charge < -0.3 is 50.8 Å². The van der Waals surface area contributed by atoms with Crippen LogP contribution in [0.4, 0.5) is 0 Å². The summed E-state index contributed by atoms with van der Waals surface area (Å²) in [6.45, 7) is 1.25. The Morgan fingerprint density at radius 2 is 1.19 bits per heavy atom. The van der Waals surface area contributed by atoms with Gasteiger partial charge in [-0.25, -0.2) is 0 Å². The molecule has 0 fully saturated rings. The molecule has 0 aliphatic heterocycles. The Morgan fingerprint density at radius 3 is 1.69 bits per heavy atom. The molecule has 0 spiro atoms. The fourth-order valence-electron chi connectivity index (χ4n) is 1.98. The van der Waals surface area contributed by atoms with Crippen molar-refractivity contribution in [2.24, 2.45) is 5.73 Å². The molecule has 0 aromatic rings. The highest BCUT2D eigenvalue weighted by Gasteiger charge is 2.13. The van der Waals surface area contributed by atoms with Crippen LogP contribution in [0.2, 0.25) is 0 Å². The highest BCUT2D eigenvalue weighted by Crippen LogP contribution is 1.94. The lowest BCUT2D eigenvalue weighted by Crippen LogP contribution is -2.33. The van der Waals surface area contributed by atoms with Crippen LogP contribution in [0.5, 0.6) is 0 Å². The maximum absolute atomic E-state index is 11.6.